The molecule has 29 heavy (non-hydrogen) atoms. The van der Waals surface area contributed by atoms with Crippen LogP contribution in [0.3, 0.4) is 0 Å². The molecule has 0 amide bonds. The van der Waals surface area contributed by atoms with E-state index in [1.807, 2.05) is 12.1 Å². The number of hydrogen-bond acceptors (Lipinski definition) is 4. The lowest BCUT2D eigenvalue weighted by Gasteiger charge is -2.18. The topological polar surface area (TPSA) is 95.9 Å². The minimum Gasteiger partial charge on any atom is -0.494 e. The molecule has 6 nitrogen and oxygen atoms in total. The molecular weight excluding hydrogens is 391 g/mol. The molecule has 1 rings (SSSR count). The number of aryl methyl sites for hydroxylation is 1. The molecule has 166 valence electrons. The number of rotatable bonds is 10. The van der Waals surface area contributed by atoms with Crippen LogP contribution in [0.25, 0.3) is 0 Å². The average molecular weight is 421 g/mol. The average Bonchev–Trinajstić information content (AvgIpc) is 2.57. The number of carboxylic acids is 2. The molecule has 0 radical (unpaired) electrons. The van der Waals surface area contributed by atoms with Gasteiger partial charge in [-0.05, 0) is 48.9 Å². The molecule has 0 aromatic heterocycles. The van der Waals surface area contributed by atoms with E-state index in [0.29, 0.717) is 12.0 Å². The number of hydrogen-bond donors (Lipinski definition) is 3. The summed E-state index contributed by atoms with van der Waals surface area (Å²) in [7, 11) is 0. The van der Waals surface area contributed by atoms with Gasteiger partial charge in [-0.25, -0.2) is 4.79 Å². The molecule has 0 saturated heterocycles. The maximum absolute atomic E-state index is 10.6. The first kappa shape index (κ1) is 26.7. The number of halogens is 3. The molecule has 1 aromatic carbocycles. The van der Waals surface area contributed by atoms with Crippen LogP contribution in [0.4, 0.5) is 13.2 Å². The molecule has 0 saturated carbocycles. The number of carboxylic acid groups (broad SMARTS) is 2. The smallest absolute Gasteiger partial charge is 0.490 e. The maximum Gasteiger partial charge on any atom is 0.490 e. The minimum atomic E-state index is -5.08. The second-order valence-corrected chi connectivity index (χ2v) is 7.60. The zero-order valence-electron chi connectivity index (χ0n) is 17.0. The van der Waals surface area contributed by atoms with Gasteiger partial charge >= 0.3 is 18.1 Å². The Labute approximate surface area is 169 Å². The van der Waals surface area contributed by atoms with Crippen molar-refractivity contribution in [2.75, 3.05) is 19.7 Å². The van der Waals surface area contributed by atoms with Gasteiger partial charge in [-0.15, -0.1) is 0 Å². The van der Waals surface area contributed by atoms with Gasteiger partial charge < -0.3 is 20.3 Å². The second kappa shape index (κ2) is 13.0. The lowest BCUT2D eigenvalue weighted by molar-refractivity contribution is -0.192. The van der Waals surface area contributed by atoms with Crippen LogP contribution in [0, 0.1) is 5.41 Å². The second-order valence-electron chi connectivity index (χ2n) is 7.60. The van der Waals surface area contributed by atoms with Crippen LogP contribution in [0.1, 0.15) is 45.6 Å². The third-order valence-electron chi connectivity index (χ3n) is 3.62. The van der Waals surface area contributed by atoms with Crippen LogP contribution in [0.5, 0.6) is 5.75 Å². The van der Waals surface area contributed by atoms with Crippen molar-refractivity contribution in [2.24, 2.45) is 5.41 Å². The zero-order chi connectivity index (χ0) is 22.5. The molecule has 0 bridgehead atoms. The van der Waals surface area contributed by atoms with E-state index in [4.69, 9.17) is 19.7 Å². The van der Waals surface area contributed by atoms with Gasteiger partial charge in [0.05, 0.1) is 13.0 Å². The summed E-state index contributed by atoms with van der Waals surface area (Å²) < 4.78 is 37.5. The molecule has 0 atom stereocenters. The van der Waals surface area contributed by atoms with Crippen molar-refractivity contribution in [1.29, 1.82) is 0 Å². The first-order valence-corrected chi connectivity index (χ1v) is 9.25. The van der Waals surface area contributed by atoms with Crippen LogP contribution in [0.15, 0.2) is 24.3 Å². The molecule has 0 aliphatic heterocycles. The normalized spacial score (nSPS) is 11.4. The van der Waals surface area contributed by atoms with E-state index in [0.717, 1.165) is 38.2 Å². The van der Waals surface area contributed by atoms with Gasteiger partial charge in [0, 0.05) is 6.54 Å². The van der Waals surface area contributed by atoms with Gasteiger partial charge in [0.15, 0.2) is 0 Å². The summed E-state index contributed by atoms with van der Waals surface area (Å²) in [5.74, 6) is -2.59. The van der Waals surface area contributed by atoms with E-state index in [9.17, 15) is 18.0 Å². The van der Waals surface area contributed by atoms with Crippen molar-refractivity contribution >= 4 is 11.9 Å². The molecule has 0 fully saturated rings. The van der Waals surface area contributed by atoms with Crippen molar-refractivity contribution in [2.45, 2.75) is 52.6 Å². The van der Waals surface area contributed by atoms with Crippen molar-refractivity contribution in [3.63, 3.8) is 0 Å². The molecule has 9 heteroatoms. The SMILES string of the molecule is CC(C)(C)CCOc1ccc(CCCNCCC(=O)O)cc1.O=C(O)C(F)(F)F. The van der Waals surface area contributed by atoms with Gasteiger partial charge in [0.25, 0.3) is 0 Å². The van der Waals surface area contributed by atoms with Crippen LogP contribution in [-0.2, 0) is 16.0 Å². The highest BCUT2D eigenvalue weighted by Crippen LogP contribution is 2.20. The summed E-state index contributed by atoms with van der Waals surface area (Å²) in [5, 5.41) is 18.8. The number of ether oxygens (including phenoxy) is 1. The largest absolute Gasteiger partial charge is 0.494 e. The predicted octanol–water partition coefficient (Wildman–Crippen LogP) is 4.13. The van der Waals surface area contributed by atoms with E-state index in [-0.39, 0.29) is 6.42 Å². The highest BCUT2D eigenvalue weighted by atomic mass is 19.4. The summed E-state index contributed by atoms with van der Waals surface area (Å²) in [6.45, 7) is 8.77. The zero-order valence-corrected chi connectivity index (χ0v) is 17.0. The van der Waals surface area contributed by atoms with Gasteiger partial charge in [-0.2, -0.15) is 13.2 Å². The lowest BCUT2D eigenvalue weighted by atomic mass is 9.93. The molecule has 0 aliphatic carbocycles. The Morgan fingerprint density at radius 2 is 1.59 bits per heavy atom. The first-order chi connectivity index (χ1) is 13.3. The van der Waals surface area contributed by atoms with Crippen molar-refractivity contribution in [1.82, 2.24) is 5.32 Å². The quantitative estimate of drug-likeness (QED) is 0.492. The van der Waals surface area contributed by atoms with E-state index in [1.165, 1.54) is 5.56 Å². The summed E-state index contributed by atoms with van der Waals surface area (Å²) in [6, 6.07) is 8.25. The Hall–Kier alpha value is -2.29. The summed E-state index contributed by atoms with van der Waals surface area (Å²) in [4.78, 5) is 19.3. The molecular formula is C20H30F3NO5. The van der Waals surface area contributed by atoms with Gasteiger partial charge in [0.2, 0.25) is 0 Å². The Morgan fingerprint density at radius 1 is 1.03 bits per heavy atom. The molecule has 0 heterocycles. The van der Waals surface area contributed by atoms with E-state index < -0.39 is 18.1 Å². The standard InChI is InChI=1S/C18H29NO3.C2HF3O2/c1-18(2,3)11-14-22-16-8-6-15(7-9-16)5-4-12-19-13-10-17(20)21;3-2(4,5)1(6)7/h6-9,19H,4-5,10-14H2,1-3H3,(H,20,21);(H,6,7). The summed E-state index contributed by atoms with van der Waals surface area (Å²) in [5.41, 5.74) is 1.58. The fourth-order valence-electron chi connectivity index (χ4n) is 1.97. The molecule has 0 spiro atoms. The maximum atomic E-state index is 10.6. The van der Waals surface area contributed by atoms with E-state index in [2.05, 4.69) is 38.2 Å². The van der Waals surface area contributed by atoms with Crippen LogP contribution in [0.2, 0.25) is 0 Å². The van der Waals surface area contributed by atoms with Crippen LogP contribution < -0.4 is 10.1 Å². The number of benzene rings is 1. The Bertz CT molecular complexity index is 610. The number of nitrogens with one attached hydrogen (secondary N) is 1. The summed E-state index contributed by atoms with van der Waals surface area (Å²) in [6.07, 6.45) is -1.87. The fourth-order valence-corrected chi connectivity index (χ4v) is 1.97. The van der Waals surface area contributed by atoms with Gasteiger partial charge in [-0.3, -0.25) is 4.79 Å². The molecule has 0 unspecified atom stereocenters. The third-order valence-corrected chi connectivity index (χ3v) is 3.62. The third kappa shape index (κ3) is 16.4. The van der Waals surface area contributed by atoms with E-state index >= 15 is 0 Å². The van der Waals surface area contributed by atoms with Crippen LogP contribution in [-0.4, -0.2) is 48.0 Å². The van der Waals surface area contributed by atoms with Crippen molar-refractivity contribution in [3.05, 3.63) is 29.8 Å². The van der Waals surface area contributed by atoms with Gasteiger partial charge in [0.1, 0.15) is 5.75 Å². The first-order valence-electron chi connectivity index (χ1n) is 9.25. The van der Waals surface area contributed by atoms with Crippen molar-refractivity contribution in [3.8, 4) is 5.75 Å². The highest BCUT2D eigenvalue weighted by molar-refractivity contribution is 5.73. The molecule has 3 N–H and O–H groups in total. The number of aliphatic carboxylic acids is 2. The molecule has 0 aliphatic rings. The number of alkyl halides is 3. The minimum absolute atomic E-state index is 0.181. The lowest BCUT2D eigenvalue weighted by Crippen LogP contribution is -2.21. The van der Waals surface area contributed by atoms with Gasteiger partial charge in [-0.1, -0.05) is 32.9 Å². The van der Waals surface area contributed by atoms with E-state index in [1.54, 1.807) is 0 Å². The highest BCUT2D eigenvalue weighted by Gasteiger charge is 2.38. The fraction of sp³-hybridized carbons (Fsp3) is 0.600. The Morgan fingerprint density at radius 3 is 2.03 bits per heavy atom. The molecule has 1 aromatic rings. The Balaban J connectivity index is 0.000000956. The number of carbonyl (C=O) groups is 2. The van der Waals surface area contributed by atoms with Crippen LogP contribution >= 0.6 is 0 Å². The van der Waals surface area contributed by atoms with Crippen molar-refractivity contribution < 1.29 is 37.7 Å². The predicted molar refractivity (Wildman–Crippen MR) is 103 cm³/mol. The summed E-state index contributed by atoms with van der Waals surface area (Å²) >= 11 is 0. The monoisotopic (exact) mass is 421 g/mol. The Kier molecular flexibility index (Phi) is 12.0.